The average molecular weight is 534 g/mol. The van der Waals surface area contributed by atoms with Crippen molar-refractivity contribution >= 4 is 28.2 Å². The summed E-state index contributed by atoms with van der Waals surface area (Å²) in [4.78, 5) is 27.6. The molecule has 0 unspecified atom stereocenters. The molecule has 2 fully saturated rings. The van der Waals surface area contributed by atoms with E-state index in [1.165, 1.54) is 37.8 Å². The van der Waals surface area contributed by atoms with Crippen LogP contribution in [0.2, 0.25) is 0 Å². The van der Waals surface area contributed by atoms with Gasteiger partial charge in [0.2, 0.25) is 5.82 Å². The molecule has 0 radical (unpaired) electrons. The standard InChI is InChI=1S/C30H39N5O4/c1-4-39-30(36)29-32-18-22(19-33-29)35-12-10-20(11-13-35)17-31-25-15-24(21-8-6-5-7-9-21)34-26-16-28(38-3)27(37-2)14-23(25)26/h14-16,18-21H,4-13,17H2,1-3H3,(H,31,34). The summed E-state index contributed by atoms with van der Waals surface area (Å²) in [7, 11) is 3.34. The van der Waals surface area contributed by atoms with Crippen molar-refractivity contribution in [2.75, 3.05) is 50.7 Å². The highest BCUT2D eigenvalue weighted by Crippen LogP contribution is 2.39. The van der Waals surface area contributed by atoms with Crippen LogP contribution in [0.5, 0.6) is 11.5 Å². The summed E-state index contributed by atoms with van der Waals surface area (Å²) in [6.07, 6.45) is 11.8. The largest absolute Gasteiger partial charge is 0.493 e. The van der Waals surface area contributed by atoms with Gasteiger partial charge in [-0.25, -0.2) is 14.8 Å². The fourth-order valence-electron chi connectivity index (χ4n) is 5.76. The van der Waals surface area contributed by atoms with E-state index in [0.29, 0.717) is 29.9 Å². The van der Waals surface area contributed by atoms with Crippen LogP contribution in [-0.4, -0.2) is 61.4 Å². The highest BCUT2D eigenvalue weighted by Gasteiger charge is 2.23. The molecule has 0 amide bonds. The molecule has 208 valence electrons. The first-order valence-electron chi connectivity index (χ1n) is 14.1. The maximum absolute atomic E-state index is 11.8. The second-order valence-corrected chi connectivity index (χ2v) is 10.5. The first-order chi connectivity index (χ1) is 19.1. The van der Waals surface area contributed by atoms with E-state index in [0.717, 1.165) is 54.8 Å². The Labute approximate surface area is 230 Å². The van der Waals surface area contributed by atoms with Crippen LogP contribution in [-0.2, 0) is 4.74 Å². The van der Waals surface area contributed by atoms with Gasteiger partial charge in [-0.3, -0.25) is 4.98 Å². The zero-order valence-corrected chi connectivity index (χ0v) is 23.2. The average Bonchev–Trinajstić information content (AvgIpc) is 3.00. The van der Waals surface area contributed by atoms with Crippen LogP contribution in [0.3, 0.4) is 0 Å². The van der Waals surface area contributed by atoms with Crippen LogP contribution < -0.4 is 19.7 Å². The molecule has 2 aliphatic rings. The minimum Gasteiger partial charge on any atom is -0.493 e. The molecule has 0 spiro atoms. The number of methoxy groups -OCH3 is 2. The van der Waals surface area contributed by atoms with Crippen LogP contribution >= 0.6 is 0 Å². The van der Waals surface area contributed by atoms with E-state index in [1.807, 2.05) is 12.1 Å². The van der Waals surface area contributed by atoms with E-state index in [1.54, 1.807) is 33.5 Å². The third kappa shape index (κ3) is 6.18. The normalized spacial score (nSPS) is 16.7. The number of ether oxygens (including phenoxy) is 3. The number of carbonyl (C=O) groups is 1. The minimum atomic E-state index is -0.486. The molecule has 1 aromatic carbocycles. The lowest BCUT2D eigenvalue weighted by atomic mass is 9.86. The van der Waals surface area contributed by atoms with Gasteiger partial charge in [-0.15, -0.1) is 0 Å². The summed E-state index contributed by atoms with van der Waals surface area (Å²) in [5, 5.41) is 4.84. The van der Waals surface area contributed by atoms with Crippen molar-refractivity contribution in [3.63, 3.8) is 0 Å². The molecular formula is C30H39N5O4. The molecule has 9 heteroatoms. The fourth-order valence-corrected chi connectivity index (χ4v) is 5.76. The van der Waals surface area contributed by atoms with Crippen molar-refractivity contribution in [2.24, 2.45) is 5.92 Å². The minimum absolute atomic E-state index is 0.103. The van der Waals surface area contributed by atoms with Gasteiger partial charge in [0.25, 0.3) is 0 Å². The van der Waals surface area contributed by atoms with Crippen molar-refractivity contribution in [1.82, 2.24) is 15.0 Å². The number of pyridine rings is 1. The van der Waals surface area contributed by atoms with E-state index in [2.05, 4.69) is 26.3 Å². The quantitative estimate of drug-likeness (QED) is 0.353. The Morgan fingerprint density at radius 1 is 0.974 bits per heavy atom. The first-order valence-corrected chi connectivity index (χ1v) is 14.1. The third-order valence-electron chi connectivity index (χ3n) is 8.01. The monoisotopic (exact) mass is 533 g/mol. The molecule has 1 N–H and O–H groups in total. The number of hydrogen-bond acceptors (Lipinski definition) is 9. The van der Waals surface area contributed by atoms with Crippen molar-refractivity contribution in [2.45, 2.75) is 57.8 Å². The molecule has 5 rings (SSSR count). The Kier molecular flexibility index (Phi) is 8.64. The molecule has 1 aliphatic heterocycles. The van der Waals surface area contributed by atoms with Crippen LogP contribution in [0.15, 0.2) is 30.6 Å². The van der Waals surface area contributed by atoms with Gasteiger partial charge >= 0.3 is 5.97 Å². The molecule has 9 nitrogen and oxygen atoms in total. The predicted molar refractivity (Wildman–Crippen MR) is 152 cm³/mol. The van der Waals surface area contributed by atoms with Crippen molar-refractivity contribution in [3.05, 3.63) is 42.1 Å². The highest BCUT2D eigenvalue weighted by atomic mass is 16.5. The Bertz CT molecular complexity index is 1270. The maximum Gasteiger partial charge on any atom is 0.376 e. The zero-order chi connectivity index (χ0) is 27.2. The van der Waals surface area contributed by atoms with E-state index in [9.17, 15) is 4.79 Å². The van der Waals surface area contributed by atoms with E-state index in [4.69, 9.17) is 19.2 Å². The van der Waals surface area contributed by atoms with E-state index < -0.39 is 5.97 Å². The summed E-state index contributed by atoms with van der Waals surface area (Å²) in [6, 6.07) is 6.30. The Balaban J connectivity index is 1.27. The van der Waals surface area contributed by atoms with Crippen LogP contribution in [0.1, 0.15) is 74.1 Å². The van der Waals surface area contributed by atoms with Crippen LogP contribution in [0, 0.1) is 5.92 Å². The predicted octanol–water partition coefficient (Wildman–Crippen LogP) is 5.59. The molecule has 0 atom stereocenters. The highest BCUT2D eigenvalue weighted by molar-refractivity contribution is 5.94. The fraction of sp³-hybridized carbons (Fsp3) is 0.533. The smallest absolute Gasteiger partial charge is 0.376 e. The first kappa shape index (κ1) is 27.0. The van der Waals surface area contributed by atoms with E-state index in [-0.39, 0.29) is 5.82 Å². The number of nitrogens with zero attached hydrogens (tertiary/aromatic N) is 4. The van der Waals surface area contributed by atoms with Gasteiger partial charge in [0, 0.05) is 48.4 Å². The molecule has 2 aromatic heterocycles. The number of fused-ring (bicyclic) bond motifs is 1. The molecular weight excluding hydrogens is 494 g/mol. The number of esters is 1. The molecule has 1 aliphatic carbocycles. The lowest BCUT2D eigenvalue weighted by Gasteiger charge is -2.33. The van der Waals surface area contributed by atoms with E-state index >= 15 is 0 Å². The van der Waals surface area contributed by atoms with Crippen molar-refractivity contribution in [3.8, 4) is 11.5 Å². The topological polar surface area (TPSA) is 98.7 Å². The van der Waals surface area contributed by atoms with Gasteiger partial charge in [-0.1, -0.05) is 19.3 Å². The number of hydrogen-bond donors (Lipinski definition) is 1. The number of nitrogens with one attached hydrogen (secondary N) is 1. The summed E-state index contributed by atoms with van der Waals surface area (Å²) in [5.41, 5.74) is 4.18. The molecule has 3 aromatic rings. The third-order valence-corrected chi connectivity index (χ3v) is 8.01. The number of aromatic nitrogens is 3. The van der Waals surface area contributed by atoms with Gasteiger partial charge in [0.1, 0.15) is 0 Å². The van der Waals surface area contributed by atoms with Crippen molar-refractivity contribution in [1.29, 1.82) is 0 Å². The van der Waals surface area contributed by atoms with Gasteiger partial charge in [-0.2, -0.15) is 0 Å². The number of piperidine rings is 1. The Hall–Kier alpha value is -3.62. The Morgan fingerprint density at radius 2 is 1.67 bits per heavy atom. The maximum atomic E-state index is 11.8. The lowest BCUT2D eigenvalue weighted by Crippen LogP contribution is -2.36. The van der Waals surface area contributed by atoms with Gasteiger partial charge in [0.05, 0.1) is 44.4 Å². The van der Waals surface area contributed by atoms with Gasteiger partial charge in [-0.05, 0) is 50.7 Å². The van der Waals surface area contributed by atoms with Gasteiger partial charge in [0.15, 0.2) is 11.5 Å². The molecule has 0 bridgehead atoms. The second-order valence-electron chi connectivity index (χ2n) is 10.5. The Morgan fingerprint density at radius 3 is 2.33 bits per heavy atom. The number of benzene rings is 1. The summed E-state index contributed by atoms with van der Waals surface area (Å²) < 4.78 is 16.2. The second kappa shape index (κ2) is 12.5. The zero-order valence-electron chi connectivity index (χ0n) is 23.2. The van der Waals surface area contributed by atoms with Crippen molar-refractivity contribution < 1.29 is 19.0 Å². The molecule has 3 heterocycles. The summed E-state index contributed by atoms with van der Waals surface area (Å²) in [6.45, 7) is 4.81. The van der Waals surface area contributed by atoms with Gasteiger partial charge < -0.3 is 24.4 Å². The SMILES string of the molecule is CCOC(=O)c1ncc(N2CCC(CNc3cc(C4CCCCC4)nc4cc(OC)c(OC)cc34)CC2)cn1. The number of carbonyl (C=O) groups excluding carboxylic acids is 1. The number of anilines is 2. The molecule has 39 heavy (non-hydrogen) atoms. The summed E-state index contributed by atoms with van der Waals surface area (Å²) >= 11 is 0. The lowest BCUT2D eigenvalue weighted by molar-refractivity contribution is 0.0512. The molecule has 1 saturated heterocycles. The number of rotatable bonds is 9. The summed E-state index contributed by atoms with van der Waals surface area (Å²) in [5.74, 6) is 2.09. The van der Waals surface area contributed by atoms with Crippen LogP contribution in [0.4, 0.5) is 11.4 Å². The van der Waals surface area contributed by atoms with Crippen LogP contribution in [0.25, 0.3) is 10.9 Å². The molecule has 1 saturated carbocycles.